The lowest BCUT2D eigenvalue weighted by molar-refractivity contribution is -0.132. The van der Waals surface area contributed by atoms with Crippen LogP contribution in [0.1, 0.15) is 19.4 Å². The Balaban J connectivity index is 1.50. The maximum Gasteiger partial charge on any atom is 0.279 e. The van der Waals surface area contributed by atoms with Gasteiger partial charge in [0.2, 0.25) is 5.91 Å². The van der Waals surface area contributed by atoms with Gasteiger partial charge in [0.15, 0.2) is 6.10 Å². The second kappa shape index (κ2) is 9.09. The number of ether oxygens (including phenoxy) is 2. The van der Waals surface area contributed by atoms with Crippen molar-refractivity contribution in [3.8, 4) is 11.5 Å². The van der Waals surface area contributed by atoms with Gasteiger partial charge in [0.05, 0.1) is 13.0 Å². The van der Waals surface area contributed by atoms with E-state index in [0.717, 1.165) is 5.52 Å². The molecule has 8 heteroatoms. The Morgan fingerprint density at radius 1 is 1.10 bits per heavy atom. The summed E-state index contributed by atoms with van der Waals surface area (Å²) >= 11 is 0. The summed E-state index contributed by atoms with van der Waals surface area (Å²) in [5.74, 6) is -0.106. The predicted octanol–water partition coefficient (Wildman–Crippen LogP) is 2.86. The first-order valence-corrected chi connectivity index (χ1v) is 9.20. The van der Waals surface area contributed by atoms with Crippen molar-refractivity contribution in [3.05, 3.63) is 60.0 Å². The number of fused-ring (bicyclic) bond motifs is 1. The average molecular weight is 399 g/mol. The molecular formula is C21H22FN3O4. The molecule has 29 heavy (non-hydrogen) atoms. The van der Waals surface area contributed by atoms with Crippen LogP contribution in [-0.4, -0.2) is 29.5 Å². The van der Waals surface area contributed by atoms with Crippen LogP contribution >= 0.6 is 0 Å². The quantitative estimate of drug-likeness (QED) is 0.533. The maximum atomic E-state index is 13.4. The van der Waals surface area contributed by atoms with Crippen LogP contribution in [0.25, 0.3) is 10.9 Å². The molecule has 3 rings (SSSR count). The van der Waals surface area contributed by atoms with E-state index in [4.69, 9.17) is 9.47 Å². The molecule has 1 atom stereocenters. The first kappa shape index (κ1) is 20.2. The SMILES string of the molecule is CCOc1ccc(OC(C)C(=O)NNC(=O)Cc2c[nH]c3ccc(F)cc23)cc1. The summed E-state index contributed by atoms with van der Waals surface area (Å²) in [5, 5.41) is 0.624. The monoisotopic (exact) mass is 399 g/mol. The van der Waals surface area contributed by atoms with E-state index in [2.05, 4.69) is 15.8 Å². The van der Waals surface area contributed by atoms with Crippen LogP contribution in [0.15, 0.2) is 48.7 Å². The van der Waals surface area contributed by atoms with E-state index >= 15 is 0 Å². The Kier molecular flexibility index (Phi) is 6.33. The maximum absolute atomic E-state index is 13.4. The van der Waals surface area contributed by atoms with E-state index in [9.17, 15) is 14.0 Å². The largest absolute Gasteiger partial charge is 0.494 e. The van der Waals surface area contributed by atoms with E-state index in [1.165, 1.54) is 12.1 Å². The summed E-state index contributed by atoms with van der Waals surface area (Å²) in [6.07, 6.45) is 0.802. The molecule has 0 saturated heterocycles. The number of hydrogen-bond acceptors (Lipinski definition) is 4. The number of H-pyrrole nitrogens is 1. The standard InChI is InChI=1S/C21H22FN3O4/c1-3-28-16-5-7-17(8-6-16)29-13(2)21(27)25-24-20(26)10-14-12-23-19-9-4-15(22)11-18(14)19/h4-9,11-13,23H,3,10H2,1-2H3,(H,24,26)(H,25,27). The lowest BCUT2D eigenvalue weighted by atomic mass is 10.1. The molecule has 0 radical (unpaired) electrons. The van der Waals surface area contributed by atoms with Crippen LogP contribution in [0.4, 0.5) is 4.39 Å². The Morgan fingerprint density at radius 2 is 1.83 bits per heavy atom. The second-order valence-electron chi connectivity index (χ2n) is 6.38. The van der Waals surface area contributed by atoms with Crippen LogP contribution in [0.2, 0.25) is 0 Å². The number of hydrogen-bond donors (Lipinski definition) is 3. The third kappa shape index (κ3) is 5.25. The molecule has 1 unspecified atom stereocenters. The molecule has 0 aliphatic heterocycles. The highest BCUT2D eigenvalue weighted by Gasteiger charge is 2.16. The minimum atomic E-state index is -0.824. The fraction of sp³-hybridized carbons (Fsp3) is 0.238. The van der Waals surface area contributed by atoms with Crippen molar-refractivity contribution < 1.29 is 23.5 Å². The van der Waals surface area contributed by atoms with Gasteiger partial charge >= 0.3 is 0 Å². The number of halogens is 1. The van der Waals surface area contributed by atoms with Crippen LogP contribution < -0.4 is 20.3 Å². The first-order valence-electron chi connectivity index (χ1n) is 9.20. The van der Waals surface area contributed by atoms with Gasteiger partial charge in [0.25, 0.3) is 5.91 Å². The fourth-order valence-electron chi connectivity index (χ4n) is 2.79. The number of amides is 2. The third-order valence-corrected chi connectivity index (χ3v) is 4.22. The van der Waals surface area contributed by atoms with Gasteiger partial charge in [-0.3, -0.25) is 20.4 Å². The molecule has 0 fully saturated rings. The molecule has 0 spiro atoms. The van der Waals surface area contributed by atoms with E-state index in [1.54, 1.807) is 43.5 Å². The minimum absolute atomic E-state index is 0.0160. The van der Waals surface area contributed by atoms with Crippen molar-refractivity contribution in [1.29, 1.82) is 0 Å². The molecule has 7 nitrogen and oxygen atoms in total. The molecule has 0 saturated carbocycles. The molecular weight excluding hydrogens is 377 g/mol. The third-order valence-electron chi connectivity index (χ3n) is 4.22. The summed E-state index contributed by atoms with van der Waals surface area (Å²) in [6.45, 7) is 4.02. The topological polar surface area (TPSA) is 92.4 Å². The number of hydrazine groups is 1. The summed E-state index contributed by atoms with van der Waals surface area (Å²) in [4.78, 5) is 27.3. The van der Waals surface area contributed by atoms with E-state index in [1.807, 2.05) is 6.92 Å². The number of carbonyl (C=O) groups is 2. The average Bonchev–Trinajstić information content (AvgIpc) is 3.09. The van der Waals surface area contributed by atoms with Gasteiger partial charge in [-0.15, -0.1) is 0 Å². The van der Waals surface area contributed by atoms with Crippen molar-refractivity contribution in [2.24, 2.45) is 0 Å². The highest BCUT2D eigenvalue weighted by atomic mass is 19.1. The number of nitrogens with one attached hydrogen (secondary N) is 3. The smallest absolute Gasteiger partial charge is 0.279 e. The van der Waals surface area contributed by atoms with Gasteiger partial charge in [0.1, 0.15) is 17.3 Å². The minimum Gasteiger partial charge on any atom is -0.494 e. The van der Waals surface area contributed by atoms with Crippen LogP contribution in [0.5, 0.6) is 11.5 Å². The fourth-order valence-corrected chi connectivity index (χ4v) is 2.79. The molecule has 0 bridgehead atoms. The van der Waals surface area contributed by atoms with Gasteiger partial charge in [0, 0.05) is 17.1 Å². The zero-order chi connectivity index (χ0) is 20.8. The number of aromatic nitrogens is 1. The number of carbonyl (C=O) groups excluding carboxylic acids is 2. The van der Waals surface area contributed by atoms with Crippen molar-refractivity contribution in [2.75, 3.05) is 6.61 Å². The zero-order valence-electron chi connectivity index (χ0n) is 16.1. The van der Waals surface area contributed by atoms with Crippen molar-refractivity contribution in [2.45, 2.75) is 26.4 Å². The van der Waals surface area contributed by atoms with E-state index < -0.39 is 17.9 Å². The van der Waals surface area contributed by atoms with E-state index in [-0.39, 0.29) is 12.2 Å². The summed E-state index contributed by atoms with van der Waals surface area (Å²) in [5.41, 5.74) is 6.04. The van der Waals surface area contributed by atoms with Crippen LogP contribution in [-0.2, 0) is 16.0 Å². The number of benzene rings is 2. The normalized spacial score (nSPS) is 11.7. The van der Waals surface area contributed by atoms with E-state index in [0.29, 0.717) is 29.1 Å². The summed E-state index contributed by atoms with van der Waals surface area (Å²) in [7, 11) is 0. The molecule has 152 valence electrons. The summed E-state index contributed by atoms with van der Waals surface area (Å²) in [6, 6.07) is 11.2. The van der Waals surface area contributed by atoms with Gasteiger partial charge in [-0.05, 0) is 61.9 Å². The van der Waals surface area contributed by atoms with Crippen molar-refractivity contribution in [1.82, 2.24) is 15.8 Å². The molecule has 1 aromatic heterocycles. The van der Waals surface area contributed by atoms with Gasteiger partial charge in [-0.25, -0.2) is 4.39 Å². The molecule has 0 aliphatic carbocycles. The molecule has 2 aromatic carbocycles. The van der Waals surface area contributed by atoms with Crippen LogP contribution in [0, 0.1) is 5.82 Å². The Morgan fingerprint density at radius 3 is 2.55 bits per heavy atom. The lowest BCUT2D eigenvalue weighted by Gasteiger charge is -2.15. The zero-order valence-corrected chi connectivity index (χ0v) is 16.1. The molecule has 0 aliphatic rings. The predicted molar refractivity (Wildman–Crippen MR) is 106 cm³/mol. The molecule has 2 amide bonds. The molecule has 3 aromatic rings. The lowest BCUT2D eigenvalue weighted by Crippen LogP contribution is -2.47. The van der Waals surface area contributed by atoms with Crippen LogP contribution in [0.3, 0.4) is 0 Å². The number of aromatic amines is 1. The van der Waals surface area contributed by atoms with Gasteiger partial charge in [-0.2, -0.15) is 0 Å². The Labute approximate surface area is 167 Å². The highest BCUT2D eigenvalue weighted by Crippen LogP contribution is 2.20. The number of rotatable bonds is 7. The Hall–Kier alpha value is -3.55. The molecule has 1 heterocycles. The first-order chi connectivity index (χ1) is 14.0. The van der Waals surface area contributed by atoms with Crippen molar-refractivity contribution >= 4 is 22.7 Å². The van der Waals surface area contributed by atoms with Gasteiger partial charge < -0.3 is 14.5 Å². The Bertz CT molecular complexity index is 1000. The van der Waals surface area contributed by atoms with Crippen molar-refractivity contribution in [3.63, 3.8) is 0 Å². The second-order valence-corrected chi connectivity index (χ2v) is 6.38. The highest BCUT2D eigenvalue weighted by molar-refractivity contribution is 5.90. The molecule has 3 N–H and O–H groups in total. The summed E-state index contributed by atoms with van der Waals surface area (Å²) < 4.78 is 24.3. The van der Waals surface area contributed by atoms with Gasteiger partial charge in [-0.1, -0.05) is 0 Å².